The maximum Gasteiger partial charge on any atom is 0.271 e. The van der Waals surface area contributed by atoms with E-state index in [-0.39, 0.29) is 11.3 Å². The van der Waals surface area contributed by atoms with Crippen LogP contribution in [0.15, 0.2) is 6.07 Å². The summed E-state index contributed by atoms with van der Waals surface area (Å²) in [7, 11) is 0. The Morgan fingerprint density at radius 1 is 1.53 bits per heavy atom. The van der Waals surface area contributed by atoms with Crippen molar-refractivity contribution >= 4 is 5.91 Å². The molecule has 2 rings (SSSR count). The number of carbonyl (C=O) groups excluding carboxylic acids is 1. The van der Waals surface area contributed by atoms with Gasteiger partial charge >= 0.3 is 0 Å². The number of aromatic amines is 1. The second kappa shape index (κ2) is 5.74. The first-order valence-corrected chi connectivity index (χ1v) is 7.01. The molecule has 106 valence electrons. The number of rotatable bonds is 4. The quantitative estimate of drug-likeness (QED) is 0.770. The molecule has 0 aliphatic carbocycles. The minimum atomic E-state index is -0.0855. The van der Waals surface area contributed by atoms with Crippen LogP contribution < -0.4 is 10.6 Å². The molecular formula is C14H24N4O. The largest absolute Gasteiger partial charge is 0.351 e. The van der Waals surface area contributed by atoms with Crippen molar-refractivity contribution in [1.82, 2.24) is 20.8 Å². The third-order valence-electron chi connectivity index (χ3n) is 3.62. The van der Waals surface area contributed by atoms with Gasteiger partial charge in [-0.1, -0.05) is 20.8 Å². The van der Waals surface area contributed by atoms with Crippen LogP contribution in [0.2, 0.25) is 0 Å². The Morgan fingerprint density at radius 3 is 2.89 bits per heavy atom. The summed E-state index contributed by atoms with van der Waals surface area (Å²) < 4.78 is 0. The van der Waals surface area contributed by atoms with Crippen LogP contribution >= 0.6 is 0 Å². The van der Waals surface area contributed by atoms with Crippen molar-refractivity contribution in [3.8, 4) is 0 Å². The van der Waals surface area contributed by atoms with Gasteiger partial charge in [-0.25, -0.2) is 0 Å². The van der Waals surface area contributed by atoms with E-state index < -0.39 is 0 Å². The van der Waals surface area contributed by atoms with E-state index in [0.29, 0.717) is 11.6 Å². The molecule has 0 spiro atoms. The minimum Gasteiger partial charge on any atom is -0.351 e. The molecule has 5 heteroatoms. The molecule has 1 aliphatic heterocycles. The lowest BCUT2D eigenvalue weighted by molar-refractivity contribution is 0.0946. The predicted molar refractivity (Wildman–Crippen MR) is 75.2 cm³/mol. The summed E-state index contributed by atoms with van der Waals surface area (Å²) in [5.41, 5.74) is 1.45. The zero-order valence-electron chi connectivity index (χ0n) is 12.0. The van der Waals surface area contributed by atoms with E-state index in [1.165, 1.54) is 6.42 Å². The molecule has 0 bridgehead atoms. The summed E-state index contributed by atoms with van der Waals surface area (Å²) in [6.07, 6.45) is 2.25. The Kier molecular flexibility index (Phi) is 4.24. The Balaban J connectivity index is 1.81. The van der Waals surface area contributed by atoms with Crippen LogP contribution in [0.5, 0.6) is 0 Å². The zero-order chi connectivity index (χ0) is 13.9. The number of hydrogen-bond acceptors (Lipinski definition) is 3. The first-order chi connectivity index (χ1) is 8.97. The predicted octanol–water partition coefficient (Wildman–Crippen LogP) is 1.44. The Morgan fingerprint density at radius 2 is 2.32 bits per heavy atom. The lowest BCUT2D eigenvalue weighted by Gasteiger charge is -2.14. The SMILES string of the molecule is CC(C)(C)c1cc(C(=O)NCCC2CCNC2)n[nH]1. The van der Waals surface area contributed by atoms with Gasteiger partial charge < -0.3 is 10.6 Å². The van der Waals surface area contributed by atoms with E-state index in [2.05, 4.69) is 41.6 Å². The molecule has 0 radical (unpaired) electrons. The summed E-state index contributed by atoms with van der Waals surface area (Å²) in [4.78, 5) is 11.9. The highest BCUT2D eigenvalue weighted by molar-refractivity contribution is 5.92. The third kappa shape index (κ3) is 3.80. The van der Waals surface area contributed by atoms with Crippen molar-refractivity contribution < 1.29 is 4.79 Å². The first-order valence-electron chi connectivity index (χ1n) is 7.01. The Hall–Kier alpha value is -1.36. The minimum absolute atomic E-state index is 0.0129. The molecule has 3 N–H and O–H groups in total. The highest BCUT2D eigenvalue weighted by Gasteiger charge is 2.19. The summed E-state index contributed by atoms with van der Waals surface area (Å²) >= 11 is 0. The number of H-pyrrole nitrogens is 1. The van der Waals surface area contributed by atoms with Crippen LogP contribution in [0.4, 0.5) is 0 Å². The lowest BCUT2D eigenvalue weighted by atomic mass is 9.92. The molecule has 1 amide bonds. The summed E-state index contributed by atoms with van der Waals surface area (Å²) in [6.45, 7) is 9.18. The van der Waals surface area contributed by atoms with Crippen molar-refractivity contribution in [3.63, 3.8) is 0 Å². The second-order valence-electron chi connectivity index (χ2n) is 6.32. The van der Waals surface area contributed by atoms with E-state index in [9.17, 15) is 4.79 Å². The number of hydrogen-bond donors (Lipinski definition) is 3. The second-order valence-corrected chi connectivity index (χ2v) is 6.32. The number of carbonyl (C=O) groups is 1. The Bertz CT molecular complexity index is 427. The summed E-state index contributed by atoms with van der Waals surface area (Å²) in [5, 5.41) is 13.3. The monoisotopic (exact) mass is 264 g/mol. The first kappa shape index (κ1) is 14.1. The van der Waals surface area contributed by atoms with E-state index in [0.717, 1.165) is 31.7 Å². The smallest absolute Gasteiger partial charge is 0.271 e. The van der Waals surface area contributed by atoms with Gasteiger partial charge in [-0.2, -0.15) is 5.10 Å². The lowest BCUT2D eigenvalue weighted by Crippen LogP contribution is -2.26. The van der Waals surface area contributed by atoms with E-state index >= 15 is 0 Å². The van der Waals surface area contributed by atoms with Crippen LogP contribution in [0, 0.1) is 5.92 Å². The van der Waals surface area contributed by atoms with Gasteiger partial charge in [-0.3, -0.25) is 9.89 Å². The number of nitrogens with zero attached hydrogens (tertiary/aromatic N) is 1. The van der Waals surface area contributed by atoms with Gasteiger partial charge in [0.1, 0.15) is 5.69 Å². The molecule has 5 nitrogen and oxygen atoms in total. The molecule has 0 aromatic carbocycles. The normalized spacial score (nSPS) is 19.6. The van der Waals surface area contributed by atoms with Crippen molar-refractivity contribution in [2.75, 3.05) is 19.6 Å². The molecular weight excluding hydrogens is 240 g/mol. The van der Waals surface area contributed by atoms with E-state index in [1.54, 1.807) is 0 Å². The summed E-state index contributed by atoms with van der Waals surface area (Å²) in [5.74, 6) is 0.613. The molecule has 1 atom stereocenters. The van der Waals surface area contributed by atoms with Gasteiger partial charge in [0.2, 0.25) is 0 Å². The van der Waals surface area contributed by atoms with Crippen LogP contribution in [-0.2, 0) is 5.41 Å². The van der Waals surface area contributed by atoms with Gasteiger partial charge in [0.25, 0.3) is 5.91 Å². The Labute approximate surface area is 114 Å². The fraction of sp³-hybridized carbons (Fsp3) is 0.714. The van der Waals surface area contributed by atoms with Gasteiger partial charge in [0.05, 0.1) is 0 Å². The van der Waals surface area contributed by atoms with E-state index in [1.807, 2.05) is 6.07 Å². The van der Waals surface area contributed by atoms with Gasteiger partial charge in [0.15, 0.2) is 0 Å². The molecule has 1 aliphatic rings. The molecule has 0 saturated carbocycles. The average Bonchev–Trinajstić information content (AvgIpc) is 2.99. The van der Waals surface area contributed by atoms with Crippen LogP contribution in [-0.4, -0.2) is 35.7 Å². The molecule has 2 heterocycles. The third-order valence-corrected chi connectivity index (χ3v) is 3.62. The summed E-state index contributed by atoms with van der Waals surface area (Å²) in [6, 6.07) is 1.84. The highest BCUT2D eigenvalue weighted by Crippen LogP contribution is 2.20. The van der Waals surface area contributed by atoms with Crippen LogP contribution in [0.1, 0.15) is 49.8 Å². The zero-order valence-corrected chi connectivity index (χ0v) is 12.0. The van der Waals surface area contributed by atoms with Crippen molar-refractivity contribution in [2.24, 2.45) is 5.92 Å². The molecule has 19 heavy (non-hydrogen) atoms. The van der Waals surface area contributed by atoms with Gasteiger partial charge in [-0.15, -0.1) is 0 Å². The van der Waals surface area contributed by atoms with E-state index in [4.69, 9.17) is 0 Å². The molecule has 1 fully saturated rings. The molecule has 1 unspecified atom stereocenters. The van der Waals surface area contributed by atoms with Crippen LogP contribution in [0.25, 0.3) is 0 Å². The van der Waals surface area contributed by atoms with Gasteiger partial charge in [-0.05, 0) is 37.9 Å². The molecule has 1 aromatic rings. The maximum atomic E-state index is 11.9. The average molecular weight is 264 g/mol. The fourth-order valence-electron chi connectivity index (χ4n) is 2.26. The van der Waals surface area contributed by atoms with Crippen molar-refractivity contribution in [3.05, 3.63) is 17.5 Å². The van der Waals surface area contributed by atoms with Crippen LogP contribution in [0.3, 0.4) is 0 Å². The maximum absolute atomic E-state index is 11.9. The fourth-order valence-corrected chi connectivity index (χ4v) is 2.26. The number of amides is 1. The van der Waals surface area contributed by atoms with Gasteiger partial charge in [0, 0.05) is 17.7 Å². The topological polar surface area (TPSA) is 69.8 Å². The highest BCUT2D eigenvalue weighted by atomic mass is 16.1. The number of aromatic nitrogens is 2. The molecule has 1 aromatic heterocycles. The number of nitrogens with one attached hydrogen (secondary N) is 3. The van der Waals surface area contributed by atoms with Crippen molar-refractivity contribution in [2.45, 2.75) is 39.0 Å². The standard InChI is InChI=1S/C14H24N4O/c1-14(2,3)12-8-11(17-18-12)13(19)16-7-5-10-4-6-15-9-10/h8,10,15H,4-7,9H2,1-3H3,(H,16,19)(H,17,18). The molecule has 1 saturated heterocycles. The van der Waals surface area contributed by atoms with Crippen molar-refractivity contribution in [1.29, 1.82) is 0 Å².